The van der Waals surface area contributed by atoms with E-state index in [1.807, 2.05) is 35.7 Å². The highest BCUT2D eigenvalue weighted by Gasteiger charge is 2.13. The van der Waals surface area contributed by atoms with Crippen molar-refractivity contribution in [3.8, 4) is 11.3 Å². The predicted molar refractivity (Wildman–Crippen MR) is 117 cm³/mol. The summed E-state index contributed by atoms with van der Waals surface area (Å²) in [7, 11) is 0. The molecule has 0 spiro atoms. The third-order valence-corrected chi connectivity index (χ3v) is 5.13. The van der Waals surface area contributed by atoms with Crippen LogP contribution in [0, 0.1) is 6.92 Å². The highest BCUT2D eigenvalue weighted by atomic mass is 35.5. The molecule has 29 heavy (non-hydrogen) atoms. The van der Waals surface area contributed by atoms with Crippen molar-refractivity contribution < 1.29 is 4.79 Å². The fourth-order valence-electron chi connectivity index (χ4n) is 2.65. The number of amides is 1. The van der Waals surface area contributed by atoms with Crippen LogP contribution in [0.1, 0.15) is 16.1 Å². The minimum atomic E-state index is -0.281. The summed E-state index contributed by atoms with van der Waals surface area (Å²) in [5.74, 6) is 0.108. The van der Waals surface area contributed by atoms with E-state index in [1.165, 1.54) is 17.5 Å². The number of anilines is 3. The number of halogens is 1. The summed E-state index contributed by atoms with van der Waals surface area (Å²) in [5, 5.41) is 9.16. The van der Waals surface area contributed by atoms with Crippen molar-refractivity contribution in [3.63, 3.8) is 0 Å². The summed E-state index contributed by atoms with van der Waals surface area (Å²) < 4.78 is 0. The lowest BCUT2D eigenvalue weighted by Crippen LogP contribution is -2.15. The van der Waals surface area contributed by atoms with Gasteiger partial charge < -0.3 is 10.6 Å². The number of aromatic nitrogens is 3. The molecule has 0 radical (unpaired) electrons. The quantitative estimate of drug-likeness (QED) is 0.441. The van der Waals surface area contributed by atoms with Crippen LogP contribution in [0.15, 0.2) is 66.2 Å². The zero-order valence-electron chi connectivity index (χ0n) is 15.4. The average Bonchev–Trinajstić information content (AvgIpc) is 3.19. The maximum atomic E-state index is 12.5. The maximum absolute atomic E-state index is 12.5. The molecule has 0 unspecified atom stereocenters. The van der Waals surface area contributed by atoms with Crippen molar-refractivity contribution in [3.05, 3.63) is 82.5 Å². The second-order valence-electron chi connectivity index (χ2n) is 6.18. The Balaban J connectivity index is 1.46. The molecule has 4 aromatic rings. The number of rotatable bonds is 5. The topological polar surface area (TPSA) is 79.8 Å². The second kappa shape index (κ2) is 8.38. The molecule has 8 heteroatoms. The lowest BCUT2D eigenvalue weighted by molar-refractivity contribution is 0.102. The Morgan fingerprint density at radius 2 is 1.79 bits per heavy atom. The lowest BCUT2D eigenvalue weighted by Gasteiger charge is -2.08. The Hall–Kier alpha value is -3.29. The smallest absolute Gasteiger partial charge is 0.259 e. The molecule has 4 rings (SSSR count). The van der Waals surface area contributed by atoms with E-state index >= 15 is 0 Å². The molecule has 6 nitrogen and oxygen atoms in total. The van der Waals surface area contributed by atoms with Crippen LogP contribution in [0.5, 0.6) is 0 Å². The number of carbonyl (C=O) groups is 1. The molecule has 2 aromatic carbocycles. The van der Waals surface area contributed by atoms with Crippen LogP contribution in [-0.2, 0) is 0 Å². The van der Waals surface area contributed by atoms with Gasteiger partial charge in [0.2, 0.25) is 5.95 Å². The first-order valence-electron chi connectivity index (χ1n) is 8.77. The molecule has 2 N–H and O–H groups in total. The summed E-state index contributed by atoms with van der Waals surface area (Å²) in [6, 6.07) is 16.8. The van der Waals surface area contributed by atoms with Crippen molar-refractivity contribution >= 4 is 45.6 Å². The minimum Gasteiger partial charge on any atom is -0.322 e. The first-order valence-corrected chi connectivity index (χ1v) is 10.0. The van der Waals surface area contributed by atoms with Gasteiger partial charge in [-0.1, -0.05) is 41.9 Å². The molecule has 2 aromatic heterocycles. The number of nitrogens with zero attached hydrogens (tertiary/aromatic N) is 3. The van der Waals surface area contributed by atoms with Crippen molar-refractivity contribution in [2.75, 3.05) is 10.6 Å². The van der Waals surface area contributed by atoms with Gasteiger partial charge in [0.05, 0.1) is 17.0 Å². The highest BCUT2D eigenvalue weighted by Crippen LogP contribution is 2.26. The molecule has 0 fully saturated rings. The number of aryl methyl sites for hydroxylation is 1. The molecule has 144 valence electrons. The van der Waals surface area contributed by atoms with Crippen molar-refractivity contribution in [2.45, 2.75) is 6.92 Å². The van der Waals surface area contributed by atoms with Gasteiger partial charge >= 0.3 is 0 Å². The second-order valence-corrected chi connectivity index (χ2v) is 7.48. The van der Waals surface area contributed by atoms with Crippen molar-refractivity contribution in [2.24, 2.45) is 0 Å². The zero-order chi connectivity index (χ0) is 20.2. The molecule has 0 atom stereocenters. The van der Waals surface area contributed by atoms with E-state index < -0.39 is 0 Å². The van der Waals surface area contributed by atoms with Crippen LogP contribution in [0.4, 0.5) is 16.8 Å². The summed E-state index contributed by atoms with van der Waals surface area (Å²) in [6.45, 7) is 1.76. The van der Waals surface area contributed by atoms with Crippen LogP contribution in [0.3, 0.4) is 0 Å². The molecule has 2 heterocycles. The van der Waals surface area contributed by atoms with Gasteiger partial charge in [-0.05, 0) is 31.2 Å². The van der Waals surface area contributed by atoms with Gasteiger partial charge in [-0.2, -0.15) is 0 Å². The van der Waals surface area contributed by atoms with Gasteiger partial charge in [0.25, 0.3) is 5.91 Å². The van der Waals surface area contributed by atoms with Crippen LogP contribution >= 0.6 is 22.9 Å². The molecule has 0 aliphatic carbocycles. The molecular weight excluding hydrogens is 406 g/mol. The van der Waals surface area contributed by atoms with E-state index in [-0.39, 0.29) is 5.91 Å². The van der Waals surface area contributed by atoms with Gasteiger partial charge in [0.1, 0.15) is 0 Å². The van der Waals surface area contributed by atoms with Gasteiger partial charge in [-0.25, -0.2) is 15.0 Å². The van der Waals surface area contributed by atoms with Crippen LogP contribution < -0.4 is 10.6 Å². The number of carbonyl (C=O) groups excluding carboxylic acids is 1. The van der Waals surface area contributed by atoms with E-state index in [1.54, 1.807) is 31.2 Å². The first-order chi connectivity index (χ1) is 14.1. The van der Waals surface area contributed by atoms with E-state index in [0.29, 0.717) is 33.0 Å². The number of hydrogen-bond acceptors (Lipinski definition) is 6. The Bertz CT molecular complexity index is 1150. The minimum absolute atomic E-state index is 0.281. The van der Waals surface area contributed by atoms with Gasteiger partial charge in [0.15, 0.2) is 5.13 Å². The number of thiazole rings is 1. The number of hydrogen-bond donors (Lipinski definition) is 2. The Kier molecular flexibility index (Phi) is 5.50. The average molecular weight is 422 g/mol. The van der Waals surface area contributed by atoms with Gasteiger partial charge in [-0.3, -0.25) is 4.79 Å². The van der Waals surface area contributed by atoms with Crippen molar-refractivity contribution in [1.82, 2.24) is 15.0 Å². The lowest BCUT2D eigenvalue weighted by atomic mass is 10.2. The fourth-order valence-corrected chi connectivity index (χ4v) is 3.49. The normalized spacial score (nSPS) is 10.6. The number of nitrogens with one attached hydrogen (secondary N) is 2. The summed E-state index contributed by atoms with van der Waals surface area (Å²) in [6.07, 6.45) is 1.50. The molecule has 0 bridgehead atoms. The molecule has 0 saturated heterocycles. The standard InChI is InChI=1S/C21H16ClN5OS/c1-13-17(19(28)25-16-9-7-15(22)8-10-16)11-23-20(24-13)27-21-26-18(12-29-21)14-5-3-2-4-6-14/h2-12H,1H3,(H,25,28)(H,23,24,26,27). The van der Waals surface area contributed by atoms with Gasteiger partial charge in [0, 0.05) is 27.9 Å². The fraction of sp³-hybridized carbons (Fsp3) is 0.0476. The first kappa shape index (κ1) is 19.0. The van der Waals surface area contributed by atoms with E-state index in [2.05, 4.69) is 25.6 Å². The molecule has 0 aliphatic heterocycles. The summed E-state index contributed by atoms with van der Waals surface area (Å²) in [4.78, 5) is 25.7. The Morgan fingerprint density at radius 3 is 2.52 bits per heavy atom. The van der Waals surface area contributed by atoms with Crippen LogP contribution in [-0.4, -0.2) is 20.9 Å². The van der Waals surface area contributed by atoms with E-state index in [0.717, 1.165) is 11.3 Å². The van der Waals surface area contributed by atoms with E-state index in [9.17, 15) is 4.79 Å². The van der Waals surface area contributed by atoms with Gasteiger partial charge in [-0.15, -0.1) is 11.3 Å². The molecular formula is C21H16ClN5OS. The maximum Gasteiger partial charge on any atom is 0.259 e. The van der Waals surface area contributed by atoms with Crippen LogP contribution in [0.25, 0.3) is 11.3 Å². The van der Waals surface area contributed by atoms with Crippen molar-refractivity contribution in [1.29, 1.82) is 0 Å². The largest absolute Gasteiger partial charge is 0.322 e. The molecule has 0 saturated carbocycles. The number of benzene rings is 2. The summed E-state index contributed by atoms with van der Waals surface area (Å²) in [5.41, 5.74) is 3.54. The SMILES string of the molecule is Cc1nc(Nc2nc(-c3ccccc3)cs2)ncc1C(=O)Nc1ccc(Cl)cc1. The predicted octanol–water partition coefficient (Wildman–Crippen LogP) is 5.56. The summed E-state index contributed by atoms with van der Waals surface area (Å²) >= 11 is 7.33. The monoisotopic (exact) mass is 421 g/mol. The highest BCUT2D eigenvalue weighted by molar-refractivity contribution is 7.14. The zero-order valence-corrected chi connectivity index (χ0v) is 17.0. The van der Waals surface area contributed by atoms with E-state index in [4.69, 9.17) is 11.6 Å². The van der Waals surface area contributed by atoms with Crippen LogP contribution in [0.2, 0.25) is 5.02 Å². The Labute approximate surface area is 176 Å². The third-order valence-electron chi connectivity index (χ3n) is 4.12. The Morgan fingerprint density at radius 1 is 1.03 bits per heavy atom. The molecule has 0 aliphatic rings. The molecule has 1 amide bonds. The third kappa shape index (κ3) is 4.59.